The lowest BCUT2D eigenvalue weighted by atomic mass is 9.97. The van der Waals surface area contributed by atoms with Crippen LogP contribution in [-0.2, 0) is 38.3 Å². The maximum absolute atomic E-state index is 13.0. The summed E-state index contributed by atoms with van der Waals surface area (Å²) in [5.74, 6) is 0.622. The van der Waals surface area contributed by atoms with Crippen LogP contribution in [0.5, 0.6) is 0 Å². The van der Waals surface area contributed by atoms with Crippen molar-refractivity contribution in [2.45, 2.75) is 281 Å². The molecule has 0 aromatic rings. The minimum absolute atomic E-state index is 0.277. The summed E-state index contributed by atoms with van der Waals surface area (Å²) < 4.78 is 64.5. The lowest BCUT2D eigenvalue weighted by Gasteiger charge is -2.44. The second-order valence-corrected chi connectivity index (χ2v) is 36.3. The van der Waals surface area contributed by atoms with Gasteiger partial charge in [-0.2, -0.15) is 0 Å². The Morgan fingerprint density at radius 3 is 1.60 bits per heavy atom. The number of unbranched alkanes of at least 4 members (excludes halogenated alkanes) is 20. The molecule has 4 N–H and O–H groups in total. The Kier molecular flexibility index (Phi) is 32.5. The van der Waals surface area contributed by atoms with Crippen molar-refractivity contribution in [1.29, 1.82) is 0 Å². The number of halogens is 2. The smallest absolute Gasteiger partial charge is 0.413 e. The Hall–Kier alpha value is 1.36. The quantitative estimate of drug-likeness (QED) is 0.0264. The number of hydrogen-bond donors (Lipinski definition) is 4. The molecule has 3 fully saturated rings. The van der Waals surface area contributed by atoms with Crippen molar-refractivity contribution in [3.05, 3.63) is 0 Å². The summed E-state index contributed by atoms with van der Waals surface area (Å²) in [5.41, 5.74) is 0. The van der Waals surface area contributed by atoms with E-state index in [1.807, 2.05) is 0 Å². The maximum atomic E-state index is 13.0. The molecule has 13 nitrogen and oxygen atoms in total. The number of rotatable bonds is 37. The highest BCUT2D eigenvalue weighted by molar-refractivity contribution is 6.83. The van der Waals surface area contributed by atoms with Crippen LogP contribution in [0.4, 0.5) is 0 Å². The number of hydrogen-bond acceptors (Lipinski definition) is 13. The van der Waals surface area contributed by atoms with E-state index in [0.29, 0.717) is 54.8 Å². The minimum atomic E-state index is -4.05. The summed E-state index contributed by atoms with van der Waals surface area (Å²) in [7, 11) is -21.9. The average Bonchev–Trinajstić information content (AvgIpc) is 3.50. The fourth-order valence-corrected chi connectivity index (χ4v) is 34.6. The predicted molar refractivity (Wildman–Crippen MR) is 283 cm³/mol. The van der Waals surface area contributed by atoms with Crippen molar-refractivity contribution in [2.24, 2.45) is 0 Å². The second kappa shape index (κ2) is 34.8. The lowest BCUT2D eigenvalue weighted by molar-refractivity contribution is -0.138. The Morgan fingerprint density at radius 1 is 0.582 bits per heavy atom. The van der Waals surface area contributed by atoms with Gasteiger partial charge in [0.15, 0.2) is 0 Å². The van der Waals surface area contributed by atoms with Crippen LogP contribution in [0, 0.1) is 0 Å². The molecule has 3 rings (SSSR count). The van der Waals surface area contributed by atoms with Crippen molar-refractivity contribution < 1.29 is 58.1 Å². The molecule has 0 saturated carbocycles. The van der Waals surface area contributed by atoms with Crippen molar-refractivity contribution >= 4 is 77.0 Å². The highest BCUT2D eigenvalue weighted by Gasteiger charge is 2.66. The van der Waals surface area contributed by atoms with E-state index < -0.39 is 90.4 Å². The molecule has 67 heavy (non-hydrogen) atoms. The van der Waals surface area contributed by atoms with Crippen molar-refractivity contribution in [3.63, 3.8) is 0 Å². The third-order valence-corrected chi connectivity index (χ3v) is 34.7. The van der Waals surface area contributed by atoms with Gasteiger partial charge in [0.2, 0.25) is 0 Å². The third kappa shape index (κ3) is 22.8. The van der Waals surface area contributed by atoms with Gasteiger partial charge in [-0.1, -0.05) is 169 Å². The molecule has 0 aliphatic carbocycles. The van der Waals surface area contributed by atoms with Crippen LogP contribution in [0.25, 0.3) is 0 Å². The largest absolute Gasteiger partial charge is 0.491 e. The maximum Gasteiger partial charge on any atom is 0.491 e. The van der Waals surface area contributed by atoms with Crippen molar-refractivity contribution in [2.75, 3.05) is 11.8 Å². The molecule has 3 heterocycles. The lowest BCUT2D eigenvalue weighted by Crippen LogP contribution is -2.65. The Labute approximate surface area is 425 Å². The van der Waals surface area contributed by atoms with Crippen LogP contribution in [0.2, 0.25) is 36.3 Å². The molecule has 0 aromatic carbocycles. The van der Waals surface area contributed by atoms with Crippen LogP contribution in [0.15, 0.2) is 0 Å². The topological polar surface area (TPSA) is 164 Å². The predicted octanol–water partition coefficient (Wildman–Crippen LogP) is 11.3. The van der Waals surface area contributed by atoms with Gasteiger partial charge < -0.3 is 58.1 Å². The van der Waals surface area contributed by atoms with E-state index in [1.165, 1.54) is 25.7 Å². The van der Waals surface area contributed by atoms with Gasteiger partial charge in [-0.25, -0.2) is 0 Å². The molecule has 21 heteroatoms. The molecular weight excluding hydrogens is 1000 g/mol. The first-order valence-corrected chi connectivity index (χ1v) is 39.7. The average molecular weight is 1100 g/mol. The molecule has 12 unspecified atom stereocenters. The molecule has 0 radical (unpaired) electrons. The van der Waals surface area contributed by atoms with Gasteiger partial charge in [0.1, 0.15) is 24.4 Å². The first-order valence-electron chi connectivity index (χ1n) is 27.3. The van der Waals surface area contributed by atoms with E-state index in [1.54, 1.807) is 13.8 Å². The second-order valence-electron chi connectivity index (χ2n) is 19.7. The van der Waals surface area contributed by atoms with Crippen LogP contribution < -0.4 is 0 Å². The van der Waals surface area contributed by atoms with E-state index in [4.69, 9.17) is 61.5 Å². The highest BCUT2D eigenvalue weighted by atomic mass is 35.5. The zero-order valence-corrected chi connectivity index (χ0v) is 50.7. The number of fused-ring (bicyclic) bond motifs is 4. The van der Waals surface area contributed by atoms with Crippen LogP contribution in [-0.4, -0.2) is 122 Å². The van der Waals surface area contributed by atoms with Gasteiger partial charge in [0.25, 0.3) is 0 Å². The molecule has 0 spiro atoms. The first kappa shape index (κ1) is 62.7. The highest BCUT2D eigenvalue weighted by Crippen LogP contribution is 2.43. The first-order chi connectivity index (χ1) is 32.3. The zero-order valence-electron chi connectivity index (χ0n) is 42.9. The third-order valence-electron chi connectivity index (χ3n) is 13.3. The van der Waals surface area contributed by atoms with E-state index in [2.05, 4.69) is 27.7 Å². The Balaban J connectivity index is 2.24. The van der Waals surface area contributed by atoms with Gasteiger partial charge in [0, 0.05) is 35.9 Å². The van der Waals surface area contributed by atoms with Crippen LogP contribution in [0.3, 0.4) is 0 Å². The summed E-state index contributed by atoms with van der Waals surface area (Å²) in [6.07, 6.45) is 19.1. The van der Waals surface area contributed by atoms with Crippen LogP contribution in [0.1, 0.15) is 208 Å². The molecule has 0 amide bonds. The van der Waals surface area contributed by atoms with Gasteiger partial charge >= 0.3 is 53.8 Å². The minimum Gasteiger partial charge on any atom is -0.413 e. The van der Waals surface area contributed by atoms with Crippen LogP contribution >= 0.6 is 23.2 Å². The Bertz CT molecular complexity index is 1260. The van der Waals surface area contributed by atoms with Gasteiger partial charge in [-0.05, 0) is 51.6 Å². The summed E-state index contributed by atoms with van der Waals surface area (Å²) in [5, 5.41) is 24.8. The number of aliphatic hydroxyl groups is 2. The molecule has 0 aromatic heterocycles. The summed E-state index contributed by atoms with van der Waals surface area (Å²) >= 11 is 12.9. The SMILES string of the molecule is CCCCCCCC[SiH](O)O[Si]1(CCCCl)OC(C(C)O)C2O[Si](CCCCCCCC)(O[SiH](CCCCCCCC)O[Si]3(CCCCl)OC(C(C)O[Si](O)(CCCCCCCC)O3)C2O)O1. The number of alkyl halides is 2. The zero-order chi connectivity index (χ0) is 49.0. The molecule has 3 saturated heterocycles. The van der Waals surface area contributed by atoms with E-state index in [0.717, 1.165) is 128 Å². The van der Waals surface area contributed by atoms with Gasteiger partial charge in [-0.3, -0.25) is 0 Å². The Morgan fingerprint density at radius 2 is 1.04 bits per heavy atom. The van der Waals surface area contributed by atoms with Crippen molar-refractivity contribution in [3.8, 4) is 0 Å². The van der Waals surface area contributed by atoms with E-state index in [-0.39, 0.29) is 6.04 Å². The van der Waals surface area contributed by atoms with Gasteiger partial charge in [0.05, 0.1) is 12.2 Å². The summed E-state index contributed by atoms with van der Waals surface area (Å²) in [6.45, 7) is 12.2. The molecule has 3 aliphatic rings. The molecule has 3 aliphatic heterocycles. The van der Waals surface area contributed by atoms with Gasteiger partial charge in [-0.15, -0.1) is 23.2 Å². The fourth-order valence-electron chi connectivity index (χ4n) is 9.55. The molecular formula is C46H98Cl2O13Si6. The van der Waals surface area contributed by atoms with E-state index in [9.17, 15) is 19.8 Å². The molecule has 4 bridgehead atoms. The molecule has 398 valence electrons. The summed E-state index contributed by atoms with van der Waals surface area (Å²) in [4.78, 5) is 24.5. The van der Waals surface area contributed by atoms with E-state index >= 15 is 0 Å². The molecule has 12 atom stereocenters. The summed E-state index contributed by atoms with van der Waals surface area (Å²) in [6, 6.07) is 2.43. The monoisotopic (exact) mass is 1100 g/mol. The fraction of sp³-hybridized carbons (Fsp3) is 1.00. The number of aliphatic hydroxyl groups excluding tert-OH is 2. The van der Waals surface area contributed by atoms with Crippen molar-refractivity contribution in [1.82, 2.24) is 0 Å². The normalized spacial score (nSPS) is 32.4. The standard InChI is InChI=1S/C46H98Cl2O13Si6/c1-7-11-15-19-23-27-35-62(51)57-65(39-31-33-47)54-44(41(5)49)46-43(50)45-42(6)53-64(52,37-29-25-21-17-13-9-3)60-66(55-45,40-32-34-48)58-63(36-28-24-20-16-12-8-2)59-67(56-46,61-65)38-30-26-22-18-14-10-4/h41-46,49-52,62-63H,7-40H2,1-6H3.